The lowest BCUT2D eigenvalue weighted by Crippen LogP contribution is -2.56. The number of halogens is 2. The maximum Gasteiger partial charge on any atom is 0.319 e. The number of rotatable bonds is 2. The molecule has 2 atom stereocenters. The lowest BCUT2D eigenvalue weighted by molar-refractivity contribution is -0.179. The standard InChI is InChI=1S/C16H19F2N3O3/c1-10-3-4-11(21(10)15(17)18)14(23)19-7-5-16-12(19)9-13(22)20(16)6-2-8-24-16/h3-4,12,15H,2,5-9H2,1H3/t12-,16+/m1/s1. The van der Waals surface area contributed by atoms with Gasteiger partial charge in [0.25, 0.3) is 5.91 Å². The summed E-state index contributed by atoms with van der Waals surface area (Å²) in [7, 11) is 0. The van der Waals surface area contributed by atoms with E-state index in [2.05, 4.69) is 0 Å². The number of likely N-dealkylation sites (tertiary alicyclic amines) is 1. The molecule has 0 unspecified atom stereocenters. The van der Waals surface area contributed by atoms with E-state index in [1.807, 2.05) is 0 Å². The van der Waals surface area contributed by atoms with Gasteiger partial charge in [0.15, 0.2) is 5.72 Å². The lowest BCUT2D eigenvalue weighted by atomic mass is 10.0. The summed E-state index contributed by atoms with van der Waals surface area (Å²) in [6, 6.07) is 2.53. The minimum absolute atomic E-state index is 0.0300. The third kappa shape index (κ3) is 1.95. The Morgan fingerprint density at radius 3 is 2.92 bits per heavy atom. The summed E-state index contributed by atoms with van der Waals surface area (Å²) in [4.78, 5) is 28.4. The average Bonchev–Trinajstić information content (AvgIpc) is 3.17. The van der Waals surface area contributed by atoms with Gasteiger partial charge < -0.3 is 14.5 Å². The SMILES string of the molecule is Cc1ccc(C(=O)N2CC[C@@]34OCCCN3C(=O)C[C@@H]24)n1C(F)F. The second-order valence-electron chi connectivity index (χ2n) is 6.57. The number of carbonyl (C=O) groups excluding carboxylic acids is 2. The summed E-state index contributed by atoms with van der Waals surface area (Å²) in [5.41, 5.74) is -0.469. The van der Waals surface area contributed by atoms with E-state index in [0.717, 1.165) is 11.0 Å². The predicted octanol–water partition coefficient (Wildman–Crippen LogP) is 1.76. The molecule has 8 heteroatoms. The zero-order valence-corrected chi connectivity index (χ0v) is 13.4. The van der Waals surface area contributed by atoms with Crippen molar-refractivity contribution in [2.45, 2.75) is 44.5 Å². The molecule has 3 aliphatic rings. The second-order valence-corrected chi connectivity index (χ2v) is 6.57. The van der Waals surface area contributed by atoms with Crippen molar-refractivity contribution in [3.8, 4) is 0 Å². The van der Waals surface area contributed by atoms with Crippen LogP contribution >= 0.6 is 0 Å². The Hall–Kier alpha value is -1.96. The van der Waals surface area contributed by atoms with Crippen molar-refractivity contribution >= 4 is 11.8 Å². The van der Waals surface area contributed by atoms with Crippen molar-refractivity contribution in [3.63, 3.8) is 0 Å². The number of hydrogen-bond acceptors (Lipinski definition) is 3. The van der Waals surface area contributed by atoms with Gasteiger partial charge in [-0.3, -0.25) is 14.2 Å². The van der Waals surface area contributed by atoms with Gasteiger partial charge in [0.2, 0.25) is 5.91 Å². The molecule has 0 N–H and O–H groups in total. The molecule has 3 fully saturated rings. The van der Waals surface area contributed by atoms with Gasteiger partial charge in [0.05, 0.1) is 19.1 Å². The highest BCUT2D eigenvalue weighted by Gasteiger charge is 2.61. The zero-order chi connectivity index (χ0) is 17.1. The summed E-state index contributed by atoms with van der Waals surface area (Å²) in [5.74, 6) is -0.494. The van der Waals surface area contributed by atoms with Gasteiger partial charge in [0.1, 0.15) is 5.69 Å². The van der Waals surface area contributed by atoms with E-state index < -0.39 is 24.2 Å². The Morgan fingerprint density at radius 1 is 1.38 bits per heavy atom. The molecule has 1 spiro atoms. The smallest absolute Gasteiger partial charge is 0.319 e. The fourth-order valence-corrected chi connectivity index (χ4v) is 4.32. The Kier molecular flexibility index (Phi) is 3.42. The van der Waals surface area contributed by atoms with Crippen LogP contribution in [0.15, 0.2) is 12.1 Å². The van der Waals surface area contributed by atoms with Crippen LogP contribution in [0.2, 0.25) is 0 Å². The first kappa shape index (κ1) is 15.6. The summed E-state index contributed by atoms with van der Waals surface area (Å²) in [5, 5.41) is 0. The van der Waals surface area contributed by atoms with Crippen molar-refractivity contribution in [3.05, 3.63) is 23.5 Å². The second kappa shape index (κ2) is 5.27. The van der Waals surface area contributed by atoms with Crippen LogP contribution in [0.3, 0.4) is 0 Å². The minimum Gasteiger partial charge on any atom is -0.353 e. The van der Waals surface area contributed by atoms with E-state index >= 15 is 0 Å². The van der Waals surface area contributed by atoms with Crippen LogP contribution in [0.25, 0.3) is 0 Å². The number of aryl methyl sites for hydroxylation is 1. The first-order chi connectivity index (χ1) is 11.5. The number of ether oxygens (including phenoxy) is 1. The normalized spacial score (nSPS) is 29.3. The monoisotopic (exact) mass is 339 g/mol. The number of aromatic nitrogens is 1. The molecule has 24 heavy (non-hydrogen) atoms. The highest BCUT2D eigenvalue weighted by molar-refractivity contribution is 5.94. The molecule has 0 aliphatic carbocycles. The molecule has 0 aromatic carbocycles. The van der Waals surface area contributed by atoms with Crippen molar-refractivity contribution in [2.24, 2.45) is 0 Å². The van der Waals surface area contributed by atoms with E-state index in [0.29, 0.717) is 31.8 Å². The molecule has 6 nitrogen and oxygen atoms in total. The third-order valence-corrected chi connectivity index (χ3v) is 5.41. The molecule has 4 heterocycles. The summed E-state index contributed by atoms with van der Waals surface area (Å²) in [6.07, 6.45) is 1.51. The van der Waals surface area contributed by atoms with E-state index in [-0.39, 0.29) is 18.0 Å². The topological polar surface area (TPSA) is 54.8 Å². The lowest BCUT2D eigenvalue weighted by Gasteiger charge is -2.42. The molecule has 0 bridgehead atoms. The van der Waals surface area contributed by atoms with E-state index in [4.69, 9.17) is 4.74 Å². The largest absolute Gasteiger partial charge is 0.353 e. The zero-order valence-electron chi connectivity index (χ0n) is 13.4. The molecule has 3 aliphatic heterocycles. The number of amides is 2. The van der Waals surface area contributed by atoms with Crippen LogP contribution < -0.4 is 0 Å². The molecule has 2 amide bonds. The molecular formula is C16H19F2N3O3. The molecule has 0 radical (unpaired) electrons. The highest BCUT2D eigenvalue weighted by atomic mass is 19.3. The molecule has 130 valence electrons. The highest BCUT2D eigenvalue weighted by Crippen LogP contribution is 2.45. The first-order valence-electron chi connectivity index (χ1n) is 8.17. The molecule has 1 aromatic rings. The Labute approximate surface area is 137 Å². The Balaban J connectivity index is 1.67. The van der Waals surface area contributed by atoms with Gasteiger partial charge in [-0.25, -0.2) is 0 Å². The summed E-state index contributed by atoms with van der Waals surface area (Å²) in [6.45, 7) is 0.349. The maximum atomic E-state index is 13.3. The Bertz CT molecular complexity index is 705. The van der Waals surface area contributed by atoms with Crippen LogP contribution in [-0.2, 0) is 9.53 Å². The van der Waals surface area contributed by atoms with Crippen molar-refractivity contribution < 1.29 is 23.1 Å². The maximum absolute atomic E-state index is 13.3. The number of alkyl halides is 2. The third-order valence-electron chi connectivity index (χ3n) is 5.41. The van der Waals surface area contributed by atoms with Crippen LogP contribution in [0.5, 0.6) is 0 Å². The van der Waals surface area contributed by atoms with E-state index in [1.54, 1.807) is 11.8 Å². The Morgan fingerprint density at radius 2 is 2.17 bits per heavy atom. The van der Waals surface area contributed by atoms with Gasteiger partial charge in [-0.2, -0.15) is 8.78 Å². The molecular weight excluding hydrogens is 320 g/mol. The molecule has 0 saturated carbocycles. The van der Waals surface area contributed by atoms with Crippen molar-refractivity contribution in [1.82, 2.24) is 14.4 Å². The van der Waals surface area contributed by atoms with Crippen molar-refractivity contribution in [2.75, 3.05) is 19.7 Å². The van der Waals surface area contributed by atoms with Crippen LogP contribution in [0, 0.1) is 6.92 Å². The fourth-order valence-electron chi connectivity index (χ4n) is 4.32. The van der Waals surface area contributed by atoms with Crippen LogP contribution in [0.1, 0.15) is 42.0 Å². The number of carbonyl (C=O) groups is 2. The first-order valence-corrected chi connectivity index (χ1v) is 8.17. The minimum atomic E-state index is -2.77. The van der Waals surface area contributed by atoms with E-state index in [1.165, 1.54) is 17.0 Å². The molecule has 4 rings (SSSR count). The summed E-state index contributed by atoms with van der Waals surface area (Å²) < 4.78 is 33.2. The predicted molar refractivity (Wildman–Crippen MR) is 79.5 cm³/mol. The van der Waals surface area contributed by atoms with E-state index in [9.17, 15) is 18.4 Å². The quantitative estimate of drug-likeness (QED) is 0.825. The van der Waals surface area contributed by atoms with Crippen LogP contribution in [0.4, 0.5) is 8.78 Å². The summed E-state index contributed by atoms with van der Waals surface area (Å²) >= 11 is 0. The van der Waals surface area contributed by atoms with Gasteiger partial charge >= 0.3 is 6.55 Å². The van der Waals surface area contributed by atoms with Gasteiger partial charge in [-0.05, 0) is 25.5 Å². The number of nitrogens with zero attached hydrogens (tertiary/aromatic N) is 3. The van der Waals surface area contributed by atoms with Crippen LogP contribution in [-0.4, -0.2) is 57.6 Å². The van der Waals surface area contributed by atoms with Gasteiger partial charge in [-0.15, -0.1) is 0 Å². The molecule has 1 aromatic heterocycles. The average molecular weight is 339 g/mol. The number of hydrogen-bond donors (Lipinski definition) is 0. The van der Waals surface area contributed by atoms with Crippen molar-refractivity contribution in [1.29, 1.82) is 0 Å². The fraction of sp³-hybridized carbons (Fsp3) is 0.625. The van der Waals surface area contributed by atoms with Gasteiger partial charge in [-0.1, -0.05) is 0 Å². The molecule has 3 saturated heterocycles. The van der Waals surface area contributed by atoms with Gasteiger partial charge in [0, 0.05) is 25.2 Å².